The summed E-state index contributed by atoms with van der Waals surface area (Å²) in [5, 5.41) is 10.5. The predicted octanol–water partition coefficient (Wildman–Crippen LogP) is 1.20. The molecule has 1 fully saturated rings. The summed E-state index contributed by atoms with van der Waals surface area (Å²) in [5.74, 6) is -0.572. The lowest BCUT2D eigenvalue weighted by atomic mass is 9.92. The lowest BCUT2D eigenvalue weighted by Crippen LogP contribution is -2.45. The van der Waals surface area contributed by atoms with Crippen molar-refractivity contribution in [2.75, 3.05) is 64.5 Å². The summed E-state index contributed by atoms with van der Waals surface area (Å²) >= 11 is 0. The Morgan fingerprint density at radius 2 is 1.68 bits per heavy atom. The number of nitrogens with zero attached hydrogens (tertiary/aromatic N) is 3. The lowest BCUT2D eigenvalue weighted by molar-refractivity contribution is 0.0478. The topological polar surface area (TPSA) is 73.3 Å². The molecule has 4 rings (SSSR count). The summed E-state index contributed by atoms with van der Waals surface area (Å²) in [4.78, 5) is 31.8. The fourth-order valence-electron chi connectivity index (χ4n) is 3.98. The summed E-state index contributed by atoms with van der Waals surface area (Å²) in [6.45, 7) is 4.31. The van der Waals surface area contributed by atoms with Crippen molar-refractivity contribution in [3.05, 3.63) is 41.5 Å². The van der Waals surface area contributed by atoms with Gasteiger partial charge in [-0.1, -0.05) is 12.1 Å². The smallest absolute Gasteiger partial charge is 0.261 e. The molecule has 2 aromatic carbocycles. The molecule has 0 radical (unpaired) electrons. The average molecular weight is 383 g/mol. The molecule has 2 aliphatic rings. The van der Waals surface area contributed by atoms with E-state index in [1.807, 2.05) is 24.3 Å². The van der Waals surface area contributed by atoms with Crippen LogP contribution in [0.15, 0.2) is 30.3 Å². The highest BCUT2D eigenvalue weighted by Gasteiger charge is 2.33. The summed E-state index contributed by atoms with van der Waals surface area (Å²) in [7, 11) is 2.12. The van der Waals surface area contributed by atoms with E-state index in [0.29, 0.717) is 11.1 Å². The van der Waals surface area contributed by atoms with Crippen LogP contribution < -0.4 is 4.90 Å². The van der Waals surface area contributed by atoms with Crippen LogP contribution in [-0.4, -0.2) is 86.3 Å². The molecule has 0 aliphatic carbocycles. The Bertz CT molecular complexity index is 884. The van der Waals surface area contributed by atoms with Crippen LogP contribution in [0.1, 0.15) is 20.7 Å². The first kappa shape index (κ1) is 18.9. The minimum atomic E-state index is -0.286. The number of amides is 2. The van der Waals surface area contributed by atoms with Crippen molar-refractivity contribution in [1.29, 1.82) is 0 Å². The van der Waals surface area contributed by atoms with Gasteiger partial charge in [0.25, 0.3) is 11.8 Å². The quantitative estimate of drug-likeness (QED) is 0.597. The second-order valence-electron chi connectivity index (χ2n) is 7.25. The highest BCUT2D eigenvalue weighted by atomic mass is 16.5. The zero-order chi connectivity index (χ0) is 19.7. The first-order valence-corrected chi connectivity index (χ1v) is 9.66. The Kier molecular flexibility index (Phi) is 5.30. The highest BCUT2D eigenvalue weighted by Crippen LogP contribution is 2.36. The minimum absolute atomic E-state index is 0.0842. The number of anilines is 1. The van der Waals surface area contributed by atoms with Crippen molar-refractivity contribution < 1.29 is 19.4 Å². The first-order valence-electron chi connectivity index (χ1n) is 9.66. The van der Waals surface area contributed by atoms with Crippen molar-refractivity contribution in [2.45, 2.75) is 0 Å². The highest BCUT2D eigenvalue weighted by molar-refractivity contribution is 6.26. The van der Waals surface area contributed by atoms with Gasteiger partial charge in [-0.3, -0.25) is 14.5 Å². The number of aliphatic hydroxyl groups excluding tert-OH is 1. The van der Waals surface area contributed by atoms with Gasteiger partial charge in [0.05, 0.1) is 26.4 Å². The normalized spacial score (nSPS) is 17.6. The first-order chi connectivity index (χ1) is 13.6. The van der Waals surface area contributed by atoms with Gasteiger partial charge in [-0.25, -0.2) is 0 Å². The number of likely N-dealkylation sites (N-methyl/N-ethyl adjacent to an activating group) is 1. The molecule has 0 bridgehead atoms. The summed E-state index contributed by atoms with van der Waals surface area (Å²) < 4.78 is 5.24. The second-order valence-corrected chi connectivity index (χ2v) is 7.25. The molecule has 2 amide bonds. The molecular formula is C21H25N3O4. The van der Waals surface area contributed by atoms with E-state index < -0.39 is 0 Å². The molecule has 7 heteroatoms. The Balaban J connectivity index is 1.69. The number of benzene rings is 2. The summed E-state index contributed by atoms with van der Waals surface area (Å²) in [5.41, 5.74) is 2.20. The molecule has 0 spiro atoms. The largest absolute Gasteiger partial charge is 0.394 e. The molecule has 2 aromatic rings. The Labute approximate surface area is 164 Å². The van der Waals surface area contributed by atoms with Crippen molar-refractivity contribution in [1.82, 2.24) is 9.80 Å². The predicted molar refractivity (Wildman–Crippen MR) is 107 cm³/mol. The van der Waals surface area contributed by atoms with Gasteiger partial charge >= 0.3 is 0 Å². The van der Waals surface area contributed by atoms with Crippen LogP contribution in [0.5, 0.6) is 0 Å². The third-order valence-corrected chi connectivity index (χ3v) is 5.51. The zero-order valence-electron chi connectivity index (χ0n) is 16.1. The number of imide groups is 1. The fraction of sp³-hybridized carbons (Fsp3) is 0.429. The summed E-state index contributed by atoms with van der Waals surface area (Å²) in [6, 6.07) is 9.51. The molecule has 0 saturated carbocycles. The molecule has 28 heavy (non-hydrogen) atoms. The molecule has 148 valence electrons. The molecular weight excluding hydrogens is 358 g/mol. The number of carbonyl (C=O) groups is 2. The van der Waals surface area contributed by atoms with E-state index in [2.05, 4.69) is 16.8 Å². The van der Waals surface area contributed by atoms with Crippen molar-refractivity contribution in [3.8, 4) is 0 Å². The maximum Gasteiger partial charge on any atom is 0.261 e. The molecule has 2 heterocycles. The number of carbonyl (C=O) groups excluding carboxylic acids is 2. The van der Waals surface area contributed by atoms with Crippen LogP contribution in [0.2, 0.25) is 0 Å². The van der Waals surface area contributed by atoms with E-state index in [0.717, 1.165) is 42.6 Å². The van der Waals surface area contributed by atoms with Gasteiger partial charge in [-0.05, 0) is 25.2 Å². The molecule has 1 N–H and O–H groups in total. The van der Waals surface area contributed by atoms with Crippen LogP contribution in [0.25, 0.3) is 10.8 Å². The van der Waals surface area contributed by atoms with Gasteiger partial charge in [-0.2, -0.15) is 0 Å². The third kappa shape index (κ3) is 3.26. The molecule has 7 nitrogen and oxygen atoms in total. The van der Waals surface area contributed by atoms with Crippen molar-refractivity contribution in [3.63, 3.8) is 0 Å². The molecule has 2 aliphatic heterocycles. The third-order valence-electron chi connectivity index (χ3n) is 5.51. The van der Waals surface area contributed by atoms with E-state index in [1.54, 1.807) is 6.07 Å². The van der Waals surface area contributed by atoms with E-state index in [4.69, 9.17) is 9.84 Å². The maximum absolute atomic E-state index is 13.0. The number of ether oxygens (including phenoxy) is 1. The van der Waals surface area contributed by atoms with Crippen molar-refractivity contribution in [2.24, 2.45) is 0 Å². The van der Waals surface area contributed by atoms with E-state index >= 15 is 0 Å². The number of aliphatic hydroxyl groups is 1. The number of rotatable bonds is 6. The monoisotopic (exact) mass is 383 g/mol. The fourth-order valence-corrected chi connectivity index (χ4v) is 3.98. The second kappa shape index (κ2) is 7.87. The van der Waals surface area contributed by atoms with Gasteiger partial charge in [0.1, 0.15) is 0 Å². The van der Waals surface area contributed by atoms with Gasteiger partial charge in [0, 0.05) is 53.8 Å². The SMILES string of the molecule is CN1CCN(c2ccc3c4c(cccc24)C(=O)N(CCOCCO)C3=O)CC1. The van der Waals surface area contributed by atoms with E-state index in [1.165, 1.54) is 4.90 Å². The van der Waals surface area contributed by atoms with Crippen LogP contribution in [0.3, 0.4) is 0 Å². The van der Waals surface area contributed by atoms with E-state index in [-0.39, 0.29) is 38.2 Å². The average Bonchev–Trinajstić information content (AvgIpc) is 2.72. The lowest BCUT2D eigenvalue weighted by Gasteiger charge is -2.35. The van der Waals surface area contributed by atoms with Crippen LogP contribution in [0.4, 0.5) is 5.69 Å². The van der Waals surface area contributed by atoms with Gasteiger partial charge in [0.15, 0.2) is 0 Å². The molecule has 0 atom stereocenters. The van der Waals surface area contributed by atoms with E-state index in [9.17, 15) is 9.59 Å². The molecule has 0 aromatic heterocycles. The number of hydrogen-bond acceptors (Lipinski definition) is 6. The van der Waals surface area contributed by atoms with Gasteiger partial charge < -0.3 is 19.6 Å². The van der Waals surface area contributed by atoms with Crippen LogP contribution in [0, 0.1) is 0 Å². The molecule has 0 unspecified atom stereocenters. The van der Waals surface area contributed by atoms with Gasteiger partial charge in [0.2, 0.25) is 0 Å². The van der Waals surface area contributed by atoms with Crippen LogP contribution >= 0.6 is 0 Å². The zero-order valence-corrected chi connectivity index (χ0v) is 16.1. The maximum atomic E-state index is 13.0. The summed E-state index contributed by atoms with van der Waals surface area (Å²) in [6.07, 6.45) is 0. The van der Waals surface area contributed by atoms with Crippen LogP contribution in [-0.2, 0) is 4.74 Å². The van der Waals surface area contributed by atoms with Gasteiger partial charge in [-0.15, -0.1) is 0 Å². The Morgan fingerprint density at radius 3 is 2.39 bits per heavy atom. The standard InChI is InChI=1S/C21H25N3O4/c1-22-7-9-23(10-8-22)18-6-5-17-19-15(18)3-2-4-16(19)20(26)24(21(17)27)11-13-28-14-12-25/h2-6,25H,7-14H2,1H3. The minimum Gasteiger partial charge on any atom is -0.394 e. The molecule has 1 saturated heterocycles. The van der Waals surface area contributed by atoms with Crippen molar-refractivity contribution >= 4 is 28.3 Å². The Morgan fingerprint density at radius 1 is 0.964 bits per heavy atom. The Hall–Kier alpha value is -2.48. The number of hydrogen-bond donors (Lipinski definition) is 1. The number of piperazine rings is 1.